The zero-order valence-corrected chi connectivity index (χ0v) is 18.1. The van der Waals surface area contributed by atoms with Gasteiger partial charge in [-0.3, -0.25) is 4.79 Å². The number of amides is 1. The predicted molar refractivity (Wildman–Crippen MR) is 124 cm³/mol. The molecule has 0 saturated heterocycles. The monoisotopic (exact) mass is 435 g/mol. The molecule has 0 spiro atoms. The van der Waals surface area contributed by atoms with Crippen LogP contribution in [-0.4, -0.2) is 32.2 Å². The van der Waals surface area contributed by atoms with Crippen LogP contribution in [0.2, 0.25) is 0 Å². The Morgan fingerprint density at radius 3 is 2.16 bits per heavy atom. The number of nitrogen functional groups attached to an aromatic ring is 1. The number of anilines is 2. The van der Waals surface area contributed by atoms with Crippen molar-refractivity contribution < 1.29 is 19.0 Å². The van der Waals surface area contributed by atoms with Crippen LogP contribution >= 0.6 is 11.3 Å². The average molecular weight is 436 g/mol. The van der Waals surface area contributed by atoms with Crippen molar-refractivity contribution >= 4 is 38.8 Å². The van der Waals surface area contributed by atoms with E-state index in [0.717, 1.165) is 22.4 Å². The number of nitrogens with zero attached hydrogens (tertiary/aromatic N) is 1. The number of hydrogen-bond acceptors (Lipinski definition) is 7. The summed E-state index contributed by atoms with van der Waals surface area (Å²) in [5.41, 5.74) is 8.97. The molecule has 2 aromatic heterocycles. The lowest BCUT2D eigenvalue weighted by Crippen LogP contribution is -2.12. The number of ether oxygens (including phenoxy) is 3. The molecule has 0 bridgehead atoms. The van der Waals surface area contributed by atoms with Crippen LogP contribution in [0, 0.1) is 0 Å². The number of benzene rings is 2. The maximum absolute atomic E-state index is 12.9. The largest absolute Gasteiger partial charge is 0.497 e. The molecule has 0 aliphatic carbocycles. The number of carbonyl (C=O) groups excluding carboxylic acids is 1. The van der Waals surface area contributed by atoms with Gasteiger partial charge in [0.05, 0.1) is 32.7 Å². The van der Waals surface area contributed by atoms with E-state index in [-0.39, 0.29) is 5.91 Å². The van der Waals surface area contributed by atoms with Crippen LogP contribution in [0.1, 0.15) is 9.67 Å². The number of hydrogen-bond donors (Lipinski definition) is 2. The van der Waals surface area contributed by atoms with Crippen molar-refractivity contribution in [3.05, 3.63) is 59.5 Å². The molecule has 2 aromatic carbocycles. The fourth-order valence-corrected chi connectivity index (χ4v) is 4.14. The van der Waals surface area contributed by atoms with Gasteiger partial charge in [-0.2, -0.15) is 0 Å². The summed E-state index contributed by atoms with van der Waals surface area (Å²) in [4.78, 5) is 18.7. The highest BCUT2D eigenvalue weighted by Gasteiger charge is 2.18. The minimum Gasteiger partial charge on any atom is -0.497 e. The van der Waals surface area contributed by atoms with Crippen molar-refractivity contribution in [1.29, 1.82) is 0 Å². The first-order valence-corrected chi connectivity index (χ1v) is 10.2. The number of carbonyl (C=O) groups is 1. The standard InChI is InChI=1S/C23H21N3O4S/c1-28-15-6-4-13(5-7-15)19-9-8-18-20(24)21(31-23(18)26-19)22(27)25-14-10-16(29-2)12-17(11-14)30-3/h4-12H,24H2,1-3H3,(H,25,27). The van der Waals surface area contributed by atoms with Gasteiger partial charge < -0.3 is 25.3 Å². The molecule has 8 heteroatoms. The fourth-order valence-electron chi connectivity index (χ4n) is 3.16. The van der Waals surface area contributed by atoms with Crippen molar-refractivity contribution in [1.82, 2.24) is 4.98 Å². The predicted octanol–water partition coefficient (Wildman–Crippen LogP) is 4.82. The zero-order valence-electron chi connectivity index (χ0n) is 17.3. The number of pyridine rings is 1. The van der Waals surface area contributed by atoms with Gasteiger partial charge in [-0.15, -0.1) is 11.3 Å². The molecule has 2 heterocycles. The summed E-state index contributed by atoms with van der Waals surface area (Å²) in [5, 5.41) is 3.60. The van der Waals surface area contributed by atoms with Crippen LogP contribution in [0.25, 0.3) is 21.5 Å². The Balaban J connectivity index is 1.65. The smallest absolute Gasteiger partial charge is 0.267 e. The first-order valence-electron chi connectivity index (χ1n) is 9.40. The van der Waals surface area contributed by atoms with E-state index in [1.165, 1.54) is 11.3 Å². The van der Waals surface area contributed by atoms with Gasteiger partial charge in [0.2, 0.25) is 0 Å². The Hall–Kier alpha value is -3.78. The number of methoxy groups -OCH3 is 3. The SMILES string of the molecule is COc1ccc(-c2ccc3c(N)c(C(=O)Nc4cc(OC)cc(OC)c4)sc3n2)cc1. The molecular weight excluding hydrogens is 414 g/mol. The van der Waals surface area contributed by atoms with Gasteiger partial charge in [-0.1, -0.05) is 0 Å². The Kier molecular flexibility index (Phi) is 5.64. The number of nitrogens with two attached hydrogens (primary N) is 1. The second kappa shape index (κ2) is 8.53. The van der Waals surface area contributed by atoms with Crippen LogP contribution in [0.5, 0.6) is 17.2 Å². The zero-order chi connectivity index (χ0) is 22.0. The second-order valence-corrected chi connectivity index (χ2v) is 7.68. The number of thiophene rings is 1. The summed E-state index contributed by atoms with van der Waals surface area (Å²) in [6.07, 6.45) is 0. The number of fused-ring (bicyclic) bond motifs is 1. The number of aromatic nitrogens is 1. The molecule has 4 aromatic rings. The van der Waals surface area contributed by atoms with E-state index >= 15 is 0 Å². The minimum atomic E-state index is -0.318. The Morgan fingerprint density at radius 2 is 1.55 bits per heavy atom. The number of nitrogens with one attached hydrogen (secondary N) is 1. The molecule has 0 saturated carbocycles. The molecule has 1 amide bonds. The first-order chi connectivity index (χ1) is 15.0. The third-order valence-electron chi connectivity index (χ3n) is 4.80. The van der Waals surface area contributed by atoms with Crippen LogP contribution in [0.3, 0.4) is 0 Å². The van der Waals surface area contributed by atoms with Crippen molar-refractivity contribution in [3.63, 3.8) is 0 Å². The summed E-state index contributed by atoms with van der Waals surface area (Å²) in [6.45, 7) is 0. The fraction of sp³-hybridized carbons (Fsp3) is 0.130. The van der Waals surface area contributed by atoms with Gasteiger partial charge in [0.15, 0.2) is 0 Å². The van der Waals surface area contributed by atoms with Crippen molar-refractivity contribution in [2.75, 3.05) is 32.4 Å². The van der Waals surface area contributed by atoms with E-state index in [1.54, 1.807) is 39.5 Å². The van der Waals surface area contributed by atoms with Gasteiger partial charge in [0.1, 0.15) is 27.0 Å². The van der Waals surface area contributed by atoms with E-state index in [1.807, 2.05) is 36.4 Å². The maximum atomic E-state index is 12.9. The van der Waals surface area contributed by atoms with Gasteiger partial charge in [-0.25, -0.2) is 4.98 Å². The van der Waals surface area contributed by atoms with E-state index in [0.29, 0.717) is 32.6 Å². The molecule has 3 N–H and O–H groups in total. The quantitative estimate of drug-likeness (QED) is 0.451. The van der Waals surface area contributed by atoms with E-state index < -0.39 is 0 Å². The van der Waals surface area contributed by atoms with E-state index in [2.05, 4.69) is 5.32 Å². The molecular formula is C23H21N3O4S. The normalized spacial score (nSPS) is 10.7. The Bertz CT molecular complexity index is 1230. The molecule has 158 valence electrons. The summed E-state index contributed by atoms with van der Waals surface area (Å²) in [6, 6.07) is 16.6. The third-order valence-corrected chi connectivity index (χ3v) is 5.91. The maximum Gasteiger partial charge on any atom is 0.267 e. The van der Waals surface area contributed by atoms with Crippen LogP contribution in [-0.2, 0) is 0 Å². The van der Waals surface area contributed by atoms with Crippen molar-refractivity contribution in [2.45, 2.75) is 0 Å². The third kappa shape index (κ3) is 4.10. The van der Waals surface area contributed by atoms with E-state index in [4.69, 9.17) is 24.9 Å². The van der Waals surface area contributed by atoms with E-state index in [9.17, 15) is 4.79 Å². The average Bonchev–Trinajstić information content (AvgIpc) is 3.14. The topological polar surface area (TPSA) is 95.7 Å². The van der Waals surface area contributed by atoms with Crippen LogP contribution in [0.4, 0.5) is 11.4 Å². The molecule has 0 atom stereocenters. The Morgan fingerprint density at radius 1 is 0.903 bits per heavy atom. The summed E-state index contributed by atoms with van der Waals surface area (Å²) in [7, 11) is 4.73. The lowest BCUT2D eigenvalue weighted by Gasteiger charge is -2.09. The van der Waals surface area contributed by atoms with Crippen molar-refractivity contribution in [2.24, 2.45) is 0 Å². The highest BCUT2D eigenvalue weighted by molar-refractivity contribution is 7.21. The van der Waals surface area contributed by atoms with Gasteiger partial charge >= 0.3 is 0 Å². The van der Waals surface area contributed by atoms with Gasteiger partial charge in [0.25, 0.3) is 5.91 Å². The van der Waals surface area contributed by atoms with Crippen LogP contribution < -0.4 is 25.3 Å². The second-order valence-electron chi connectivity index (χ2n) is 6.68. The Labute approximate surface area is 183 Å². The molecule has 31 heavy (non-hydrogen) atoms. The molecule has 7 nitrogen and oxygen atoms in total. The summed E-state index contributed by atoms with van der Waals surface area (Å²) in [5.74, 6) is 1.61. The molecule has 0 fully saturated rings. The highest BCUT2D eigenvalue weighted by atomic mass is 32.1. The molecule has 0 radical (unpaired) electrons. The molecule has 0 aliphatic rings. The molecule has 4 rings (SSSR count). The summed E-state index contributed by atoms with van der Waals surface area (Å²) >= 11 is 1.25. The number of rotatable bonds is 6. The lowest BCUT2D eigenvalue weighted by atomic mass is 10.1. The van der Waals surface area contributed by atoms with Crippen LogP contribution in [0.15, 0.2) is 54.6 Å². The lowest BCUT2D eigenvalue weighted by molar-refractivity contribution is 0.103. The molecule has 0 unspecified atom stereocenters. The summed E-state index contributed by atoms with van der Waals surface area (Å²) < 4.78 is 15.7. The van der Waals surface area contributed by atoms with Gasteiger partial charge in [0, 0.05) is 34.8 Å². The van der Waals surface area contributed by atoms with Crippen molar-refractivity contribution in [3.8, 4) is 28.5 Å². The molecule has 0 aliphatic heterocycles. The minimum absolute atomic E-state index is 0.318. The first kappa shape index (κ1) is 20.5. The van der Waals surface area contributed by atoms with Gasteiger partial charge in [-0.05, 0) is 36.4 Å². The highest BCUT2D eigenvalue weighted by Crippen LogP contribution is 2.35.